The van der Waals surface area contributed by atoms with Gasteiger partial charge in [-0.05, 0) is 36.6 Å². The molecule has 5 nitrogen and oxygen atoms in total. The van der Waals surface area contributed by atoms with E-state index >= 15 is 0 Å². The molecule has 92 valence electrons. The minimum atomic E-state index is -1.06. The molecule has 17 heavy (non-hydrogen) atoms. The van der Waals surface area contributed by atoms with Gasteiger partial charge < -0.3 is 14.9 Å². The van der Waals surface area contributed by atoms with Crippen LogP contribution in [0, 0.1) is 6.92 Å². The minimum absolute atomic E-state index is 0.126. The van der Waals surface area contributed by atoms with E-state index in [1.807, 2.05) is 0 Å². The molecule has 1 rings (SSSR count). The highest BCUT2D eigenvalue weighted by atomic mass is 16.5. The smallest absolute Gasteiger partial charge is 0.335 e. The van der Waals surface area contributed by atoms with Gasteiger partial charge >= 0.3 is 11.9 Å². The number of methoxy groups -OCH3 is 1. The van der Waals surface area contributed by atoms with Gasteiger partial charge in [0.1, 0.15) is 0 Å². The van der Waals surface area contributed by atoms with Crippen LogP contribution < -0.4 is 0 Å². The van der Waals surface area contributed by atoms with Crippen LogP contribution in [0.4, 0.5) is 0 Å². The third-order valence-corrected chi connectivity index (χ3v) is 2.62. The van der Waals surface area contributed by atoms with Crippen molar-refractivity contribution < 1.29 is 24.5 Å². The molecular formula is C12H14O5. The molecule has 0 aliphatic rings. The Balaban J connectivity index is 3.31. The van der Waals surface area contributed by atoms with Gasteiger partial charge in [-0.1, -0.05) is 0 Å². The largest absolute Gasteiger partial charge is 0.478 e. The maximum absolute atomic E-state index is 11.0. The summed E-state index contributed by atoms with van der Waals surface area (Å²) in [6.07, 6.45) is 0.380. The first-order valence-electron chi connectivity index (χ1n) is 5.07. The zero-order valence-electron chi connectivity index (χ0n) is 9.69. The van der Waals surface area contributed by atoms with Crippen LogP contribution in [0.5, 0.6) is 0 Å². The van der Waals surface area contributed by atoms with Crippen molar-refractivity contribution in [2.75, 3.05) is 13.7 Å². The van der Waals surface area contributed by atoms with E-state index in [2.05, 4.69) is 0 Å². The van der Waals surface area contributed by atoms with Gasteiger partial charge in [0, 0.05) is 7.11 Å². The fourth-order valence-corrected chi connectivity index (χ4v) is 1.72. The number of carboxylic acids is 2. The number of hydrogen-bond acceptors (Lipinski definition) is 3. The number of rotatable bonds is 5. The molecule has 2 N–H and O–H groups in total. The number of carbonyl (C=O) groups is 2. The lowest BCUT2D eigenvalue weighted by molar-refractivity contribution is 0.0679. The fourth-order valence-electron chi connectivity index (χ4n) is 1.72. The predicted octanol–water partition coefficient (Wildman–Crippen LogP) is 1.58. The lowest BCUT2D eigenvalue weighted by atomic mass is 9.95. The molecule has 0 unspecified atom stereocenters. The monoisotopic (exact) mass is 238 g/mol. The summed E-state index contributed by atoms with van der Waals surface area (Å²) < 4.78 is 4.90. The van der Waals surface area contributed by atoms with Crippen molar-refractivity contribution in [2.45, 2.75) is 13.3 Å². The second-order valence-corrected chi connectivity index (χ2v) is 3.62. The van der Waals surface area contributed by atoms with Gasteiger partial charge in [0.15, 0.2) is 0 Å². The van der Waals surface area contributed by atoms with Crippen molar-refractivity contribution in [3.63, 3.8) is 0 Å². The van der Waals surface area contributed by atoms with Crippen molar-refractivity contribution in [3.8, 4) is 0 Å². The Labute approximate surface area is 98.6 Å². The molecule has 0 bridgehead atoms. The van der Waals surface area contributed by atoms with Crippen molar-refractivity contribution in [2.24, 2.45) is 0 Å². The highest BCUT2D eigenvalue weighted by Crippen LogP contribution is 2.20. The Morgan fingerprint density at radius 2 is 1.71 bits per heavy atom. The molecule has 0 aliphatic carbocycles. The molecule has 0 saturated heterocycles. The second-order valence-electron chi connectivity index (χ2n) is 3.62. The van der Waals surface area contributed by atoms with Crippen LogP contribution in [-0.2, 0) is 11.2 Å². The number of benzene rings is 1. The van der Waals surface area contributed by atoms with Gasteiger partial charge in [0.2, 0.25) is 0 Å². The van der Waals surface area contributed by atoms with Crippen LogP contribution >= 0.6 is 0 Å². The molecular weight excluding hydrogens is 224 g/mol. The first-order chi connectivity index (χ1) is 7.99. The van der Waals surface area contributed by atoms with E-state index in [1.54, 1.807) is 6.92 Å². The predicted molar refractivity (Wildman–Crippen MR) is 60.7 cm³/mol. The van der Waals surface area contributed by atoms with E-state index in [4.69, 9.17) is 14.9 Å². The maximum Gasteiger partial charge on any atom is 0.335 e. The van der Waals surface area contributed by atoms with Gasteiger partial charge in [-0.25, -0.2) is 9.59 Å². The van der Waals surface area contributed by atoms with E-state index in [0.717, 1.165) is 0 Å². The van der Waals surface area contributed by atoms with Crippen LogP contribution in [0.15, 0.2) is 12.1 Å². The first kappa shape index (κ1) is 13.2. The highest BCUT2D eigenvalue weighted by Gasteiger charge is 2.17. The summed E-state index contributed by atoms with van der Waals surface area (Å²) in [7, 11) is 1.51. The molecule has 0 heterocycles. The fraction of sp³-hybridized carbons (Fsp3) is 0.333. The van der Waals surface area contributed by atoms with Gasteiger partial charge in [0.25, 0.3) is 0 Å². The summed E-state index contributed by atoms with van der Waals surface area (Å²) in [4.78, 5) is 22.0. The molecule has 1 aromatic carbocycles. The second kappa shape index (κ2) is 5.45. The van der Waals surface area contributed by atoms with Crippen LogP contribution in [0.2, 0.25) is 0 Å². The zero-order chi connectivity index (χ0) is 13.0. The van der Waals surface area contributed by atoms with Gasteiger partial charge in [-0.15, -0.1) is 0 Å². The molecule has 0 aliphatic heterocycles. The zero-order valence-corrected chi connectivity index (χ0v) is 9.69. The average Bonchev–Trinajstić information content (AvgIpc) is 2.26. The summed E-state index contributed by atoms with van der Waals surface area (Å²) in [5, 5.41) is 18.0. The average molecular weight is 238 g/mol. The summed E-state index contributed by atoms with van der Waals surface area (Å²) >= 11 is 0. The van der Waals surface area contributed by atoms with E-state index < -0.39 is 11.9 Å². The molecule has 1 aromatic rings. The molecule has 0 fully saturated rings. The minimum Gasteiger partial charge on any atom is -0.478 e. The Morgan fingerprint density at radius 3 is 2.18 bits per heavy atom. The highest BCUT2D eigenvalue weighted by molar-refractivity contribution is 5.94. The normalized spacial score (nSPS) is 10.2. The summed E-state index contributed by atoms with van der Waals surface area (Å²) in [6.45, 7) is 1.96. The standard InChI is InChI=1S/C12H14O5/c1-7-8(5-6-17-2)10(12(15)16)4-3-9(7)11(13)14/h3-4H,5-6H2,1-2H3,(H,13,14)(H,15,16). The molecule has 0 spiro atoms. The van der Waals surface area contributed by atoms with E-state index in [0.29, 0.717) is 24.2 Å². The van der Waals surface area contributed by atoms with Crippen LogP contribution in [0.3, 0.4) is 0 Å². The quantitative estimate of drug-likeness (QED) is 0.813. The number of ether oxygens (including phenoxy) is 1. The van der Waals surface area contributed by atoms with Gasteiger partial charge in [-0.2, -0.15) is 0 Å². The number of aromatic carboxylic acids is 2. The first-order valence-corrected chi connectivity index (χ1v) is 5.07. The SMILES string of the molecule is COCCc1c(C(=O)O)ccc(C(=O)O)c1C. The van der Waals surface area contributed by atoms with Crippen molar-refractivity contribution in [1.82, 2.24) is 0 Å². The summed E-state index contributed by atoms with van der Waals surface area (Å²) in [6, 6.07) is 2.64. The van der Waals surface area contributed by atoms with Crippen molar-refractivity contribution in [3.05, 3.63) is 34.4 Å². The third-order valence-electron chi connectivity index (χ3n) is 2.62. The van der Waals surface area contributed by atoms with E-state index in [-0.39, 0.29) is 11.1 Å². The van der Waals surface area contributed by atoms with Gasteiger partial charge in [-0.3, -0.25) is 0 Å². The van der Waals surface area contributed by atoms with Crippen molar-refractivity contribution in [1.29, 1.82) is 0 Å². The molecule has 0 atom stereocenters. The Hall–Kier alpha value is -1.88. The van der Waals surface area contributed by atoms with Crippen LogP contribution in [0.25, 0.3) is 0 Å². The summed E-state index contributed by atoms with van der Waals surface area (Å²) in [5.74, 6) is -2.12. The molecule has 0 amide bonds. The van der Waals surface area contributed by atoms with Crippen molar-refractivity contribution >= 4 is 11.9 Å². The molecule has 0 aromatic heterocycles. The Morgan fingerprint density at radius 1 is 1.18 bits per heavy atom. The topological polar surface area (TPSA) is 83.8 Å². The maximum atomic E-state index is 11.0. The molecule has 0 saturated carbocycles. The van der Waals surface area contributed by atoms with Gasteiger partial charge in [0.05, 0.1) is 17.7 Å². The van der Waals surface area contributed by atoms with E-state index in [9.17, 15) is 9.59 Å². The number of carboxylic acid groups (broad SMARTS) is 2. The van der Waals surface area contributed by atoms with E-state index in [1.165, 1.54) is 19.2 Å². The molecule has 0 radical (unpaired) electrons. The third kappa shape index (κ3) is 2.82. The molecule has 5 heteroatoms. The number of hydrogen-bond donors (Lipinski definition) is 2. The lowest BCUT2D eigenvalue weighted by Crippen LogP contribution is -2.11. The Kier molecular flexibility index (Phi) is 4.23. The summed E-state index contributed by atoms with van der Waals surface area (Å²) in [5.41, 5.74) is 1.25. The lowest BCUT2D eigenvalue weighted by Gasteiger charge is -2.11. The van der Waals surface area contributed by atoms with Crippen LogP contribution in [-0.4, -0.2) is 35.9 Å². The van der Waals surface area contributed by atoms with Crippen LogP contribution in [0.1, 0.15) is 31.8 Å². The Bertz CT molecular complexity index is 450.